The normalized spacial score (nSPS) is 21.3. The maximum absolute atomic E-state index is 12.8. The highest BCUT2D eigenvalue weighted by atomic mass is 31.2. The van der Waals surface area contributed by atoms with Gasteiger partial charge in [0, 0.05) is 12.8 Å². The third-order valence-corrected chi connectivity index (χ3v) is 13.9. The molecule has 1 fully saturated rings. The van der Waals surface area contributed by atoms with Crippen LogP contribution in [0.4, 0.5) is 0 Å². The second kappa shape index (κ2) is 41.8. The van der Waals surface area contributed by atoms with Crippen LogP contribution in [0, 0.1) is 0 Å². The first kappa shape index (κ1) is 61.9. The molecule has 0 aromatic rings. The van der Waals surface area contributed by atoms with Gasteiger partial charge in [0.1, 0.15) is 43.2 Å². The highest BCUT2D eigenvalue weighted by Gasteiger charge is 2.51. The van der Waals surface area contributed by atoms with Gasteiger partial charge in [-0.05, 0) is 12.8 Å². The second-order valence-corrected chi connectivity index (χ2v) is 20.5. The van der Waals surface area contributed by atoms with Crippen molar-refractivity contribution in [1.29, 1.82) is 0 Å². The van der Waals surface area contributed by atoms with Crippen LogP contribution >= 0.6 is 7.82 Å². The number of aliphatic hydroxyl groups is 5. The van der Waals surface area contributed by atoms with E-state index >= 15 is 0 Å². The summed E-state index contributed by atoms with van der Waals surface area (Å²) in [7, 11) is -5.11. The monoisotopic (exact) mass is 951 g/mol. The first-order valence-corrected chi connectivity index (χ1v) is 28.3. The molecule has 0 saturated heterocycles. The smallest absolute Gasteiger partial charge is 0.462 e. The van der Waals surface area contributed by atoms with Gasteiger partial charge in [0.25, 0.3) is 0 Å². The first-order chi connectivity index (χ1) is 31.4. The summed E-state index contributed by atoms with van der Waals surface area (Å²) in [6, 6.07) is 0. The van der Waals surface area contributed by atoms with Gasteiger partial charge in [0.05, 0.1) is 6.61 Å². The zero-order valence-corrected chi connectivity index (χ0v) is 42.2. The Morgan fingerprint density at radius 3 is 1.02 bits per heavy atom. The van der Waals surface area contributed by atoms with Gasteiger partial charge in [-0.15, -0.1) is 0 Å². The van der Waals surface area contributed by atoms with Gasteiger partial charge in [-0.2, -0.15) is 0 Å². The van der Waals surface area contributed by atoms with E-state index in [-0.39, 0.29) is 12.8 Å². The molecule has 0 radical (unpaired) electrons. The van der Waals surface area contributed by atoms with E-state index in [0.29, 0.717) is 12.8 Å². The lowest BCUT2D eigenvalue weighted by Crippen LogP contribution is -2.64. The van der Waals surface area contributed by atoms with Crippen molar-refractivity contribution in [3.8, 4) is 0 Å². The predicted molar refractivity (Wildman–Crippen MR) is 258 cm³/mol. The molecular weight excluding hydrogens is 852 g/mol. The summed E-state index contributed by atoms with van der Waals surface area (Å²) >= 11 is 0. The van der Waals surface area contributed by atoms with E-state index < -0.39 is 75.7 Å². The van der Waals surface area contributed by atoms with E-state index in [1.165, 1.54) is 180 Å². The quantitative estimate of drug-likeness (QED) is 0.0191. The van der Waals surface area contributed by atoms with Gasteiger partial charge in [-0.1, -0.05) is 232 Å². The van der Waals surface area contributed by atoms with E-state index in [2.05, 4.69) is 13.8 Å². The number of phosphoric ester groups is 1. The third-order valence-electron chi connectivity index (χ3n) is 12.9. The van der Waals surface area contributed by atoms with Crippen molar-refractivity contribution in [1.82, 2.24) is 0 Å². The van der Waals surface area contributed by atoms with E-state index in [1.54, 1.807) is 0 Å². The molecule has 1 aliphatic rings. The molecule has 65 heavy (non-hydrogen) atoms. The standard InChI is InChI=1S/C51H99O13P/c1-3-5-7-9-11-13-15-17-18-19-20-21-22-23-24-25-26-28-30-32-34-36-38-40-45(53)63-43(42-62-65(59,60)64-51-49(57)47(55)46(54)48(56)50(51)58)41-61-44(52)39-37-35-33-31-29-27-16-14-12-10-8-6-4-2/h43,46-51,54-58H,3-42H2,1-2H3,(H,59,60)/t43-,46?,47-,48?,49?,50?,51?/m1/s1. The van der Waals surface area contributed by atoms with E-state index in [1.807, 2.05) is 0 Å². The number of ether oxygens (including phenoxy) is 2. The molecular formula is C51H99O13P. The molecule has 0 aromatic heterocycles. The van der Waals surface area contributed by atoms with Crippen LogP contribution in [-0.4, -0.2) is 98.3 Å². The average molecular weight is 951 g/mol. The molecule has 0 bridgehead atoms. The molecule has 0 amide bonds. The van der Waals surface area contributed by atoms with Gasteiger partial charge in [-0.3, -0.25) is 18.6 Å². The van der Waals surface area contributed by atoms with Crippen LogP contribution in [-0.2, 0) is 32.7 Å². The van der Waals surface area contributed by atoms with Crippen molar-refractivity contribution in [2.45, 2.75) is 301 Å². The number of rotatable bonds is 46. The Morgan fingerprint density at radius 1 is 0.415 bits per heavy atom. The minimum Gasteiger partial charge on any atom is -0.462 e. The van der Waals surface area contributed by atoms with Crippen molar-refractivity contribution in [2.24, 2.45) is 0 Å². The minimum absolute atomic E-state index is 0.106. The minimum atomic E-state index is -5.11. The number of aliphatic hydroxyl groups excluding tert-OH is 5. The number of hydrogen-bond acceptors (Lipinski definition) is 12. The Balaban J connectivity index is 2.32. The van der Waals surface area contributed by atoms with Crippen LogP contribution in [0.25, 0.3) is 0 Å². The van der Waals surface area contributed by atoms with Crippen LogP contribution < -0.4 is 0 Å². The summed E-state index contributed by atoms with van der Waals surface area (Å²) in [6.45, 7) is 3.35. The Labute approximate surface area is 395 Å². The predicted octanol–water partition coefficient (Wildman–Crippen LogP) is 11.6. The summed E-state index contributed by atoms with van der Waals surface area (Å²) in [5.74, 6) is -1.08. The summed E-state index contributed by atoms with van der Waals surface area (Å²) in [4.78, 5) is 35.8. The molecule has 1 aliphatic carbocycles. The molecule has 8 atom stereocenters. The number of hydrogen-bond donors (Lipinski definition) is 6. The molecule has 13 nitrogen and oxygen atoms in total. The zero-order valence-electron chi connectivity index (χ0n) is 41.3. The number of carbonyl (C=O) groups is 2. The van der Waals surface area contributed by atoms with Crippen LogP contribution in [0.5, 0.6) is 0 Å². The molecule has 386 valence electrons. The molecule has 6 unspecified atom stereocenters. The number of carbonyl (C=O) groups excluding carboxylic acids is 2. The summed E-state index contributed by atoms with van der Waals surface area (Å²) in [6.07, 6.45) is 31.6. The lowest BCUT2D eigenvalue weighted by Gasteiger charge is -2.41. The van der Waals surface area contributed by atoms with Gasteiger partial charge in [-0.25, -0.2) is 4.57 Å². The summed E-state index contributed by atoms with van der Waals surface area (Å²) in [5, 5.41) is 50.3. The Hall–Kier alpha value is -1.15. The lowest BCUT2D eigenvalue weighted by atomic mass is 9.85. The van der Waals surface area contributed by atoms with Gasteiger partial charge in [0.2, 0.25) is 0 Å². The van der Waals surface area contributed by atoms with E-state index in [0.717, 1.165) is 38.5 Å². The number of esters is 2. The molecule has 0 aliphatic heterocycles. The van der Waals surface area contributed by atoms with Crippen molar-refractivity contribution in [2.75, 3.05) is 13.2 Å². The molecule has 6 N–H and O–H groups in total. The number of unbranched alkanes of at least 4 members (excludes halogenated alkanes) is 34. The molecule has 0 heterocycles. The first-order valence-electron chi connectivity index (χ1n) is 26.8. The van der Waals surface area contributed by atoms with Crippen LogP contribution in [0.3, 0.4) is 0 Å². The zero-order chi connectivity index (χ0) is 47.8. The Bertz CT molecular complexity index is 1150. The Kier molecular flexibility index (Phi) is 39.8. The molecule has 0 spiro atoms. The molecule has 0 aromatic carbocycles. The lowest BCUT2D eigenvalue weighted by molar-refractivity contribution is -0.220. The Morgan fingerprint density at radius 2 is 0.692 bits per heavy atom. The van der Waals surface area contributed by atoms with Gasteiger partial charge >= 0.3 is 19.8 Å². The SMILES string of the molecule is CCCCCCCCCCCCCCCCCCCCCCCCCC(=O)O[C@H](COC(=O)CCCCCCCCCCCCCCC)COP(=O)(O)OC1C(O)C(O)C(O)[C@@H](O)C1O. The van der Waals surface area contributed by atoms with Crippen LogP contribution in [0.15, 0.2) is 0 Å². The second-order valence-electron chi connectivity index (χ2n) is 19.1. The maximum atomic E-state index is 12.8. The third kappa shape index (κ3) is 33.9. The fraction of sp³-hybridized carbons (Fsp3) is 0.961. The average Bonchev–Trinajstić information content (AvgIpc) is 3.29. The summed E-state index contributed by atoms with van der Waals surface area (Å²) < 4.78 is 33.7. The topological polar surface area (TPSA) is 210 Å². The highest BCUT2D eigenvalue weighted by Crippen LogP contribution is 2.47. The largest absolute Gasteiger partial charge is 0.472 e. The summed E-state index contributed by atoms with van der Waals surface area (Å²) in [5.41, 5.74) is 0. The highest BCUT2D eigenvalue weighted by molar-refractivity contribution is 7.47. The van der Waals surface area contributed by atoms with Crippen molar-refractivity contribution < 1.29 is 63.1 Å². The van der Waals surface area contributed by atoms with Gasteiger partial charge in [0.15, 0.2) is 6.10 Å². The van der Waals surface area contributed by atoms with Crippen LogP contribution in [0.1, 0.15) is 258 Å². The van der Waals surface area contributed by atoms with Crippen molar-refractivity contribution in [3.63, 3.8) is 0 Å². The van der Waals surface area contributed by atoms with E-state index in [9.17, 15) is 44.6 Å². The van der Waals surface area contributed by atoms with E-state index in [4.69, 9.17) is 18.5 Å². The van der Waals surface area contributed by atoms with Crippen molar-refractivity contribution in [3.05, 3.63) is 0 Å². The van der Waals surface area contributed by atoms with Crippen molar-refractivity contribution >= 4 is 19.8 Å². The van der Waals surface area contributed by atoms with Gasteiger partial charge < -0.3 is 39.9 Å². The molecule has 1 rings (SSSR count). The van der Waals surface area contributed by atoms with Crippen LogP contribution in [0.2, 0.25) is 0 Å². The maximum Gasteiger partial charge on any atom is 0.472 e. The molecule has 1 saturated carbocycles. The fourth-order valence-electron chi connectivity index (χ4n) is 8.64. The molecule has 14 heteroatoms. The number of phosphoric acid groups is 1. The fourth-order valence-corrected chi connectivity index (χ4v) is 9.62.